The van der Waals surface area contributed by atoms with E-state index in [1.54, 1.807) is 0 Å². The van der Waals surface area contributed by atoms with Gasteiger partial charge in [-0.1, -0.05) is 5.16 Å². The van der Waals surface area contributed by atoms with Crippen LogP contribution in [0.5, 0.6) is 0 Å². The zero-order valence-electron chi connectivity index (χ0n) is 11.8. The summed E-state index contributed by atoms with van der Waals surface area (Å²) >= 11 is 0. The summed E-state index contributed by atoms with van der Waals surface area (Å²) in [6, 6.07) is 0. The van der Waals surface area contributed by atoms with E-state index in [1.165, 1.54) is 4.31 Å². The molecule has 0 atom stereocenters. The third-order valence-electron chi connectivity index (χ3n) is 3.15. The Morgan fingerprint density at radius 3 is 2.45 bits per heavy atom. The molecule has 0 bridgehead atoms. The molecule has 126 valence electrons. The molecule has 0 aliphatic carbocycles. The second kappa shape index (κ2) is 6.48. The SMILES string of the molecule is CN1CCN(S(=O)(=O)NCCc2noc(C(F)(F)F)n2)CC1. The molecule has 1 saturated heterocycles. The molecule has 1 aliphatic heterocycles. The summed E-state index contributed by atoms with van der Waals surface area (Å²) < 4.78 is 68.5. The standard InChI is InChI=1S/C10H16F3N5O3S/c1-17-4-6-18(7-5-17)22(19,20)14-3-2-8-15-9(21-16-8)10(11,12)13/h14H,2-7H2,1H3. The average Bonchev–Trinajstić information content (AvgIpc) is 2.88. The van der Waals surface area contributed by atoms with E-state index in [0.717, 1.165) is 0 Å². The summed E-state index contributed by atoms with van der Waals surface area (Å²) in [5, 5.41) is 3.16. The van der Waals surface area contributed by atoms with Gasteiger partial charge in [0.15, 0.2) is 5.82 Å². The first-order valence-electron chi connectivity index (χ1n) is 6.51. The lowest BCUT2D eigenvalue weighted by atomic mass is 10.4. The number of rotatable bonds is 5. The maximum atomic E-state index is 12.3. The quantitative estimate of drug-likeness (QED) is 0.790. The van der Waals surface area contributed by atoms with Gasteiger partial charge in [0.2, 0.25) is 0 Å². The summed E-state index contributed by atoms with van der Waals surface area (Å²) in [4.78, 5) is 5.17. The van der Waals surface area contributed by atoms with Crippen molar-refractivity contribution < 1.29 is 26.1 Å². The van der Waals surface area contributed by atoms with Crippen LogP contribution in [0.4, 0.5) is 13.2 Å². The second-order valence-electron chi connectivity index (χ2n) is 4.87. The van der Waals surface area contributed by atoms with Gasteiger partial charge in [-0.15, -0.1) is 0 Å². The van der Waals surface area contributed by atoms with Crippen LogP contribution in [0, 0.1) is 0 Å². The summed E-state index contributed by atoms with van der Waals surface area (Å²) in [5.41, 5.74) is 0. The molecule has 0 unspecified atom stereocenters. The minimum Gasteiger partial charge on any atom is -0.329 e. The van der Waals surface area contributed by atoms with Crippen LogP contribution < -0.4 is 4.72 Å². The summed E-state index contributed by atoms with van der Waals surface area (Å²) in [6.07, 6.45) is -4.79. The van der Waals surface area contributed by atoms with E-state index in [9.17, 15) is 21.6 Å². The predicted molar refractivity (Wildman–Crippen MR) is 69.0 cm³/mol. The van der Waals surface area contributed by atoms with Gasteiger partial charge in [0.1, 0.15) is 0 Å². The molecule has 12 heteroatoms. The number of halogens is 3. The number of piperazine rings is 1. The Kier molecular flexibility index (Phi) is 5.04. The minimum absolute atomic E-state index is 0.0907. The van der Waals surface area contributed by atoms with Crippen LogP contribution in [0.15, 0.2) is 4.52 Å². The van der Waals surface area contributed by atoms with Crippen LogP contribution in [0.3, 0.4) is 0 Å². The van der Waals surface area contributed by atoms with E-state index in [4.69, 9.17) is 0 Å². The van der Waals surface area contributed by atoms with E-state index >= 15 is 0 Å². The van der Waals surface area contributed by atoms with Crippen LogP contribution in [0.2, 0.25) is 0 Å². The van der Waals surface area contributed by atoms with Gasteiger partial charge in [0.05, 0.1) is 0 Å². The molecule has 8 nitrogen and oxygen atoms in total. The fourth-order valence-corrected chi connectivity index (χ4v) is 3.07. The highest BCUT2D eigenvalue weighted by atomic mass is 32.2. The lowest BCUT2D eigenvalue weighted by Crippen LogP contribution is -2.51. The number of hydrogen-bond acceptors (Lipinski definition) is 6. The lowest BCUT2D eigenvalue weighted by Gasteiger charge is -2.31. The molecule has 2 heterocycles. The molecule has 1 aromatic rings. The molecule has 1 aliphatic rings. The number of aromatic nitrogens is 2. The van der Waals surface area contributed by atoms with E-state index in [0.29, 0.717) is 26.2 Å². The van der Waals surface area contributed by atoms with Crippen molar-refractivity contribution in [1.82, 2.24) is 24.1 Å². The van der Waals surface area contributed by atoms with Crippen LogP contribution in [-0.2, 0) is 22.8 Å². The van der Waals surface area contributed by atoms with Crippen LogP contribution >= 0.6 is 0 Å². The van der Waals surface area contributed by atoms with E-state index < -0.39 is 22.3 Å². The number of hydrogen-bond donors (Lipinski definition) is 1. The number of alkyl halides is 3. The molecular formula is C10H16F3N5O3S. The zero-order chi connectivity index (χ0) is 16.4. The van der Waals surface area contributed by atoms with Gasteiger partial charge >= 0.3 is 12.1 Å². The Balaban J connectivity index is 1.84. The van der Waals surface area contributed by atoms with Crippen molar-refractivity contribution in [2.24, 2.45) is 0 Å². The van der Waals surface area contributed by atoms with Gasteiger partial charge in [-0.2, -0.15) is 30.9 Å². The van der Waals surface area contributed by atoms with Gasteiger partial charge in [-0.25, -0.2) is 4.72 Å². The molecule has 1 N–H and O–H groups in total. The topological polar surface area (TPSA) is 91.6 Å². The van der Waals surface area contributed by atoms with Gasteiger partial charge in [-0.05, 0) is 7.05 Å². The van der Waals surface area contributed by atoms with Crippen molar-refractivity contribution in [1.29, 1.82) is 0 Å². The van der Waals surface area contributed by atoms with Crippen LogP contribution in [0.1, 0.15) is 11.7 Å². The predicted octanol–water partition coefficient (Wildman–Crippen LogP) is -0.287. The Morgan fingerprint density at radius 1 is 1.27 bits per heavy atom. The molecule has 0 spiro atoms. The highest BCUT2D eigenvalue weighted by Gasteiger charge is 2.38. The van der Waals surface area contributed by atoms with E-state index in [-0.39, 0.29) is 18.8 Å². The molecule has 22 heavy (non-hydrogen) atoms. The molecule has 2 rings (SSSR count). The third kappa shape index (κ3) is 4.38. The number of likely N-dealkylation sites (N-methyl/N-ethyl adjacent to an activating group) is 1. The Bertz CT molecular complexity index is 595. The first-order chi connectivity index (χ1) is 10.2. The average molecular weight is 343 g/mol. The number of nitrogens with zero attached hydrogens (tertiary/aromatic N) is 4. The molecule has 0 aromatic carbocycles. The normalized spacial score (nSPS) is 18.7. The summed E-state index contributed by atoms with van der Waals surface area (Å²) in [7, 11) is -1.76. The first kappa shape index (κ1) is 17.1. The van der Waals surface area contributed by atoms with Gasteiger partial charge in [0, 0.05) is 39.1 Å². The highest BCUT2D eigenvalue weighted by molar-refractivity contribution is 7.87. The van der Waals surface area contributed by atoms with Crippen molar-refractivity contribution in [2.45, 2.75) is 12.6 Å². The molecule has 0 amide bonds. The molecule has 1 fully saturated rings. The third-order valence-corrected chi connectivity index (χ3v) is 4.76. The van der Waals surface area contributed by atoms with Gasteiger partial charge in [-0.3, -0.25) is 0 Å². The molecule has 0 saturated carbocycles. The van der Waals surface area contributed by atoms with Crippen molar-refractivity contribution in [3.63, 3.8) is 0 Å². The number of nitrogens with one attached hydrogen (secondary N) is 1. The van der Waals surface area contributed by atoms with Crippen molar-refractivity contribution in [2.75, 3.05) is 39.8 Å². The fourth-order valence-electron chi connectivity index (χ4n) is 1.88. The first-order valence-corrected chi connectivity index (χ1v) is 7.95. The fraction of sp³-hybridized carbons (Fsp3) is 0.800. The Labute approximate surface area is 125 Å². The van der Waals surface area contributed by atoms with E-state index in [2.05, 4.69) is 19.4 Å². The minimum atomic E-state index is -4.70. The Hall–Kier alpha value is -1.24. The van der Waals surface area contributed by atoms with Gasteiger partial charge < -0.3 is 9.42 Å². The molecule has 0 radical (unpaired) electrons. The van der Waals surface area contributed by atoms with Crippen LogP contribution in [0.25, 0.3) is 0 Å². The summed E-state index contributed by atoms with van der Waals surface area (Å²) in [6.45, 7) is 1.88. The second-order valence-corrected chi connectivity index (χ2v) is 6.62. The van der Waals surface area contributed by atoms with E-state index in [1.807, 2.05) is 11.9 Å². The van der Waals surface area contributed by atoms with Gasteiger partial charge in [0.25, 0.3) is 10.2 Å². The molecule has 1 aromatic heterocycles. The largest absolute Gasteiger partial charge is 0.471 e. The monoisotopic (exact) mass is 343 g/mol. The lowest BCUT2D eigenvalue weighted by molar-refractivity contribution is -0.159. The summed E-state index contributed by atoms with van der Waals surface area (Å²) in [5.74, 6) is -1.64. The highest BCUT2D eigenvalue weighted by Crippen LogP contribution is 2.27. The zero-order valence-corrected chi connectivity index (χ0v) is 12.6. The maximum Gasteiger partial charge on any atom is 0.471 e. The molecular weight excluding hydrogens is 327 g/mol. The smallest absolute Gasteiger partial charge is 0.329 e. The van der Waals surface area contributed by atoms with Crippen molar-refractivity contribution in [3.05, 3.63) is 11.7 Å². The van der Waals surface area contributed by atoms with Crippen molar-refractivity contribution >= 4 is 10.2 Å². The maximum absolute atomic E-state index is 12.3. The van der Waals surface area contributed by atoms with Crippen molar-refractivity contribution in [3.8, 4) is 0 Å². The van der Waals surface area contributed by atoms with Crippen LogP contribution in [-0.4, -0.2) is 67.5 Å². The Morgan fingerprint density at radius 2 is 1.91 bits per heavy atom.